The zero-order valence-corrected chi connectivity index (χ0v) is 12.9. The Morgan fingerprint density at radius 3 is 2.57 bits per heavy atom. The Bertz CT molecular complexity index is 581. The van der Waals surface area contributed by atoms with Gasteiger partial charge in [0.25, 0.3) is 0 Å². The third-order valence-corrected chi connectivity index (χ3v) is 3.64. The summed E-state index contributed by atoms with van der Waals surface area (Å²) in [5.41, 5.74) is 8.60. The molecular formula is C16H23N3O2. The van der Waals surface area contributed by atoms with Gasteiger partial charge in [-0.3, -0.25) is 4.68 Å². The maximum atomic E-state index is 6.23. The lowest BCUT2D eigenvalue weighted by Crippen LogP contribution is -2.24. The number of hydrogen-bond donors (Lipinski definition) is 1. The molecule has 0 aliphatic carbocycles. The largest absolute Gasteiger partial charge is 0.493 e. The van der Waals surface area contributed by atoms with Crippen molar-refractivity contribution >= 4 is 0 Å². The Kier molecular flexibility index (Phi) is 5.22. The SMILES string of the molecule is COc1ccc(CC(N)CCc2ccnn2C)cc1OC. The van der Waals surface area contributed by atoms with Gasteiger partial charge in [-0.15, -0.1) is 0 Å². The zero-order valence-electron chi connectivity index (χ0n) is 12.9. The van der Waals surface area contributed by atoms with Gasteiger partial charge in [0.2, 0.25) is 0 Å². The highest BCUT2D eigenvalue weighted by atomic mass is 16.5. The standard InChI is InChI=1S/C16H23N3O2/c1-19-14(8-9-18-19)6-5-13(17)10-12-4-7-15(20-2)16(11-12)21-3/h4,7-9,11,13H,5-6,10,17H2,1-3H3. The van der Waals surface area contributed by atoms with Crippen LogP contribution in [0.3, 0.4) is 0 Å². The summed E-state index contributed by atoms with van der Waals surface area (Å²) in [5, 5.41) is 4.17. The molecule has 2 rings (SSSR count). The first-order valence-corrected chi connectivity index (χ1v) is 7.07. The molecule has 1 unspecified atom stereocenters. The second-order valence-electron chi connectivity index (χ2n) is 5.14. The second kappa shape index (κ2) is 7.13. The van der Waals surface area contributed by atoms with E-state index < -0.39 is 0 Å². The van der Waals surface area contributed by atoms with Crippen molar-refractivity contribution < 1.29 is 9.47 Å². The van der Waals surface area contributed by atoms with E-state index in [0.717, 1.165) is 36.3 Å². The smallest absolute Gasteiger partial charge is 0.160 e. The van der Waals surface area contributed by atoms with Gasteiger partial charge in [-0.05, 0) is 43.0 Å². The van der Waals surface area contributed by atoms with Crippen molar-refractivity contribution in [2.75, 3.05) is 14.2 Å². The molecule has 0 radical (unpaired) electrons. The molecule has 2 aromatic rings. The fraction of sp³-hybridized carbons (Fsp3) is 0.438. The molecule has 0 saturated carbocycles. The number of aryl methyl sites for hydroxylation is 2. The summed E-state index contributed by atoms with van der Waals surface area (Å²) in [4.78, 5) is 0. The lowest BCUT2D eigenvalue weighted by molar-refractivity contribution is 0.354. The van der Waals surface area contributed by atoms with E-state index >= 15 is 0 Å². The lowest BCUT2D eigenvalue weighted by atomic mass is 10.0. The van der Waals surface area contributed by atoms with Crippen LogP contribution in [0.15, 0.2) is 30.5 Å². The van der Waals surface area contributed by atoms with Crippen molar-refractivity contribution in [3.63, 3.8) is 0 Å². The highest BCUT2D eigenvalue weighted by molar-refractivity contribution is 5.43. The van der Waals surface area contributed by atoms with Crippen LogP contribution in [0.25, 0.3) is 0 Å². The number of aromatic nitrogens is 2. The first kappa shape index (κ1) is 15.4. The molecular weight excluding hydrogens is 266 g/mol. The van der Waals surface area contributed by atoms with Crippen LogP contribution in [0, 0.1) is 0 Å². The van der Waals surface area contributed by atoms with E-state index in [9.17, 15) is 0 Å². The van der Waals surface area contributed by atoms with Crippen molar-refractivity contribution in [2.24, 2.45) is 12.8 Å². The average molecular weight is 289 g/mol. The Morgan fingerprint density at radius 1 is 1.19 bits per heavy atom. The summed E-state index contributed by atoms with van der Waals surface area (Å²) in [5.74, 6) is 1.48. The molecule has 0 aliphatic rings. The minimum Gasteiger partial charge on any atom is -0.493 e. The van der Waals surface area contributed by atoms with Gasteiger partial charge in [0.05, 0.1) is 14.2 Å². The van der Waals surface area contributed by atoms with Crippen LogP contribution < -0.4 is 15.2 Å². The monoisotopic (exact) mass is 289 g/mol. The van der Waals surface area contributed by atoms with Crippen LogP contribution in [-0.2, 0) is 19.9 Å². The molecule has 5 heteroatoms. The number of methoxy groups -OCH3 is 2. The maximum Gasteiger partial charge on any atom is 0.160 e. The van der Waals surface area contributed by atoms with Crippen LogP contribution >= 0.6 is 0 Å². The second-order valence-corrected chi connectivity index (χ2v) is 5.14. The number of hydrogen-bond acceptors (Lipinski definition) is 4. The van der Waals surface area contributed by atoms with Crippen LogP contribution in [0.1, 0.15) is 17.7 Å². The molecule has 0 aliphatic heterocycles. The van der Waals surface area contributed by atoms with Gasteiger partial charge in [0, 0.05) is 25.0 Å². The quantitative estimate of drug-likeness (QED) is 0.846. The van der Waals surface area contributed by atoms with E-state index in [4.69, 9.17) is 15.2 Å². The average Bonchev–Trinajstić information content (AvgIpc) is 2.90. The number of benzene rings is 1. The summed E-state index contributed by atoms with van der Waals surface area (Å²) in [6, 6.07) is 8.08. The minimum atomic E-state index is 0.109. The Hall–Kier alpha value is -2.01. The Balaban J connectivity index is 1.93. The van der Waals surface area contributed by atoms with E-state index in [0.29, 0.717) is 0 Å². The molecule has 21 heavy (non-hydrogen) atoms. The molecule has 1 atom stereocenters. The predicted octanol–water partition coefficient (Wildman–Crippen LogP) is 1.94. The van der Waals surface area contributed by atoms with Gasteiger partial charge in [-0.25, -0.2) is 0 Å². The van der Waals surface area contributed by atoms with E-state index in [2.05, 4.69) is 5.10 Å². The van der Waals surface area contributed by atoms with Crippen LogP contribution in [0.5, 0.6) is 11.5 Å². The first-order chi connectivity index (χ1) is 10.1. The molecule has 0 saturated heterocycles. The molecule has 1 aromatic carbocycles. The topological polar surface area (TPSA) is 62.3 Å². The summed E-state index contributed by atoms with van der Waals surface area (Å²) < 4.78 is 12.4. The van der Waals surface area contributed by atoms with Crippen LogP contribution in [0.2, 0.25) is 0 Å². The first-order valence-electron chi connectivity index (χ1n) is 7.07. The minimum absolute atomic E-state index is 0.109. The molecule has 2 N–H and O–H groups in total. The summed E-state index contributed by atoms with van der Waals surface area (Å²) in [6.07, 6.45) is 4.49. The molecule has 0 fully saturated rings. The third kappa shape index (κ3) is 3.98. The summed E-state index contributed by atoms with van der Waals surface area (Å²) in [6.45, 7) is 0. The van der Waals surface area contributed by atoms with E-state index in [-0.39, 0.29) is 6.04 Å². The Labute approximate surface area is 125 Å². The molecule has 1 aromatic heterocycles. The van der Waals surface area contributed by atoms with E-state index in [1.54, 1.807) is 14.2 Å². The highest BCUT2D eigenvalue weighted by Gasteiger charge is 2.09. The van der Waals surface area contributed by atoms with Gasteiger partial charge < -0.3 is 15.2 Å². The molecule has 0 bridgehead atoms. The Morgan fingerprint density at radius 2 is 1.95 bits per heavy atom. The van der Waals surface area contributed by atoms with Gasteiger partial charge in [-0.2, -0.15) is 5.10 Å². The van der Waals surface area contributed by atoms with E-state index in [1.807, 2.05) is 42.2 Å². The summed E-state index contributed by atoms with van der Waals surface area (Å²) in [7, 11) is 5.23. The van der Waals surface area contributed by atoms with Crippen LogP contribution in [0.4, 0.5) is 0 Å². The van der Waals surface area contributed by atoms with Gasteiger partial charge >= 0.3 is 0 Å². The van der Waals surface area contributed by atoms with Crippen molar-refractivity contribution in [2.45, 2.75) is 25.3 Å². The summed E-state index contributed by atoms with van der Waals surface area (Å²) >= 11 is 0. The molecule has 5 nitrogen and oxygen atoms in total. The normalized spacial score (nSPS) is 12.2. The highest BCUT2D eigenvalue weighted by Crippen LogP contribution is 2.28. The van der Waals surface area contributed by atoms with E-state index in [1.165, 1.54) is 5.69 Å². The van der Waals surface area contributed by atoms with Gasteiger partial charge in [0.15, 0.2) is 11.5 Å². The van der Waals surface area contributed by atoms with Crippen molar-refractivity contribution in [1.82, 2.24) is 9.78 Å². The molecule has 114 valence electrons. The number of nitrogens with two attached hydrogens (primary N) is 1. The number of nitrogens with zero attached hydrogens (tertiary/aromatic N) is 2. The maximum absolute atomic E-state index is 6.23. The van der Waals surface area contributed by atoms with Crippen LogP contribution in [-0.4, -0.2) is 30.0 Å². The number of rotatable bonds is 7. The fourth-order valence-corrected chi connectivity index (χ4v) is 2.39. The third-order valence-electron chi connectivity index (χ3n) is 3.64. The predicted molar refractivity (Wildman–Crippen MR) is 82.8 cm³/mol. The zero-order chi connectivity index (χ0) is 15.2. The van der Waals surface area contributed by atoms with Gasteiger partial charge in [0.1, 0.15) is 0 Å². The van der Waals surface area contributed by atoms with Crippen molar-refractivity contribution in [3.05, 3.63) is 41.7 Å². The molecule has 0 spiro atoms. The fourth-order valence-electron chi connectivity index (χ4n) is 2.39. The lowest BCUT2D eigenvalue weighted by Gasteiger charge is -2.14. The van der Waals surface area contributed by atoms with Crippen molar-refractivity contribution in [1.29, 1.82) is 0 Å². The number of ether oxygens (including phenoxy) is 2. The molecule has 1 heterocycles. The van der Waals surface area contributed by atoms with Gasteiger partial charge in [-0.1, -0.05) is 6.07 Å². The van der Waals surface area contributed by atoms with Crippen molar-refractivity contribution in [3.8, 4) is 11.5 Å². The molecule has 0 amide bonds.